The van der Waals surface area contributed by atoms with E-state index in [0.717, 1.165) is 19.3 Å². The molecule has 7 rings (SSSR count). The van der Waals surface area contributed by atoms with Gasteiger partial charge >= 0.3 is 0 Å². The van der Waals surface area contributed by atoms with Gasteiger partial charge in [0.15, 0.2) is 21.4 Å². The highest BCUT2D eigenvalue weighted by Crippen LogP contribution is 2.65. The summed E-state index contributed by atoms with van der Waals surface area (Å²) < 4.78 is 49.6. The molecule has 3 saturated carbocycles. The summed E-state index contributed by atoms with van der Waals surface area (Å²) >= 11 is 0. The molecule has 2 bridgehead atoms. The van der Waals surface area contributed by atoms with Crippen molar-refractivity contribution >= 4 is 32.3 Å². The van der Waals surface area contributed by atoms with Gasteiger partial charge in [-0.1, -0.05) is 6.07 Å². The van der Waals surface area contributed by atoms with Gasteiger partial charge in [0.05, 0.1) is 40.0 Å². The van der Waals surface area contributed by atoms with E-state index in [0.29, 0.717) is 39.4 Å². The molecule has 0 atom stereocenters. The average Bonchev–Trinajstić information content (AvgIpc) is 3.32. The van der Waals surface area contributed by atoms with Crippen molar-refractivity contribution < 1.29 is 22.3 Å². The van der Waals surface area contributed by atoms with E-state index in [-0.39, 0.29) is 39.7 Å². The average molecular weight is 577 g/mol. The Morgan fingerprint density at radius 3 is 2.56 bits per heavy atom. The number of hydrogen-bond acceptors (Lipinski definition) is 6. The molecular formula is C31H33FN4O4S. The number of sulfone groups is 1. The van der Waals surface area contributed by atoms with E-state index in [4.69, 9.17) is 4.74 Å². The van der Waals surface area contributed by atoms with Crippen LogP contribution in [0.1, 0.15) is 51.2 Å². The van der Waals surface area contributed by atoms with Crippen molar-refractivity contribution in [2.45, 2.75) is 63.8 Å². The molecule has 0 aliphatic heterocycles. The molecule has 41 heavy (non-hydrogen) atoms. The van der Waals surface area contributed by atoms with Crippen LogP contribution in [0.3, 0.4) is 0 Å². The van der Waals surface area contributed by atoms with Crippen molar-refractivity contribution in [2.24, 2.45) is 11.3 Å². The largest absolute Gasteiger partial charge is 0.453 e. The highest BCUT2D eigenvalue weighted by atomic mass is 32.2. The second kappa shape index (κ2) is 9.65. The monoisotopic (exact) mass is 576 g/mol. The number of fused-ring (bicyclic) bond motifs is 1. The van der Waals surface area contributed by atoms with Gasteiger partial charge in [-0.3, -0.25) is 14.5 Å². The van der Waals surface area contributed by atoms with Crippen molar-refractivity contribution in [1.82, 2.24) is 14.8 Å². The zero-order valence-corrected chi connectivity index (χ0v) is 24.4. The summed E-state index contributed by atoms with van der Waals surface area (Å²) in [5.74, 6) is 0.254. The molecular weight excluding hydrogens is 543 g/mol. The highest BCUT2D eigenvalue weighted by molar-refractivity contribution is 7.91. The number of halogens is 1. The number of aryl methyl sites for hydroxylation is 1. The lowest BCUT2D eigenvalue weighted by Gasteiger charge is -2.61. The lowest BCUT2D eigenvalue weighted by atomic mass is 9.45. The number of rotatable bonds is 8. The van der Waals surface area contributed by atoms with Gasteiger partial charge in [-0.05, 0) is 99.7 Å². The third-order valence-electron chi connectivity index (χ3n) is 8.11. The number of hydrogen-bond donors (Lipinski definition) is 1. The third-order valence-corrected chi connectivity index (χ3v) is 10.1. The number of aromatic nitrogens is 3. The minimum Gasteiger partial charge on any atom is -0.453 e. The fraction of sp³-hybridized carbons (Fsp3) is 0.387. The van der Waals surface area contributed by atoms with Crippen LogP contribution < -0.4 is 10.1 Å². The Labute approximate surface area is 238 Å². The number of benzene rings is 2. The molecule has 10 heteroatoms. The summed E-state index contributed by atoms with van der Waals surface area (Å²) in [6, 6.07) is 9.40. The van der Waals surface area contributed by atoms with Crippen LogP contribution in [-0.2, 0) is 26.6 Å². The lowest BCUT2D eigenvalue weighted by Crippen LogP contribution is -2.55. The Balaban J connectivity index is 1.20. The van der Waals surface area contributed by atoms with Gasteiger partial charge in [0.1, 0.15) is 5.75 Å². The van der Waals surface area contributed by atoms with Crippen LogP contribution >= 0.6 is 0 Å². The maximum absolute atomic E-state index is 15.3. The van der Waals surface area contributed by atoms with Gasteiger partial charge in [-0.2, -0.15) is 5.10 Å². The van der Waals surface area contributed by atoms with Crippen molar-refractivity contribution in [3.63, 3.8) is 0 Å². The molecule has 0 saturated heterocycles. The van der Waals surface area contributed by atoms with E-state index in [1.165, 1.54) is 6.07 Å². The molecule has 0 spiro atoms. The highest BCUT2D eigenvalue weighted by Gasteiger charge is 2.58. The summed E-state index contributed by atoms with van der Waals surface area (Å²) in [4.78, 5) is 17.2. The maximum Gasteiger partial charge on any atom is 0.228 e. The van der Waals surface area contributed by atoms with Crippen LogP contribution in [0.25, 0.3) is 10.9 Å². The fourth-order valence-corrected chi connectivity index (χ4v) is 7.89. The maximum atomic E-state index is 15.3. The van der Waals surface area contributed by atoms with Crippen LogP contribution in [0.15, 0.2) is 59.9 Å². The topological polar surface area (TPSA) is 103 Å². The fourth-order valence-electron chi connectivity index (χ4n) is 5.99. The van der Waals surface area contributed by atoms with Crippen molar-refractivity contribution in [2.75, 3.05) is 11.1 Å². The molecule has 3 aliphatic carbocycles. The number of nitrogens with one attached hydrogen (secondary N) is 1. The normalized spacial score (nSPS) is 19.9. The predicted octanol–water partition coefficient (Wildman–Crippen LogP) is 6.18. The first-order valence-corrected chi connectivity index (χ1v) is 15.4. The van der Waals surface area contributed by atoms with Crippen LogP contribution in [0, 0.1) is 24.1 Å². The van der Waals surface area contributed by atoms with Crippen LogP contribution in [0.2, 0.25) is 0 Å². The van der Waals surface area contributed by atoms with Crippen LogP contribution in [0.4, 0.5) is 10.1 Å². The minimum atomic E-state index is -3.48. The molecule has 214 valence electrons. The van der Waals surface area contributed by atoms with E-state index >= 15 is 4.39 Å². The van der Waals surface area contributed by atoms with E-state index in [1.807, 2.05) is 20.8 Å². The second-order valence-corrected chi connectivity index (χ2v) is 14.6. The van der Waals surface area contributed by atoms with Gasteiger partial charge in [-0.25, -0.2) is 12.8 Å². The first kappa shape index (κ1) is 27.4. The van der Waals surface area contributed by atoms with E-state index in [9.17, 15) is 13.2 Å². The van der Waals surface area contributed by atoms with E-state index in [2.05, 4.69) is 15.4 Å². The minimum absolute atomic E-state index is 0.00948. The third kappa shape index (κ3) is 5.32. The van der Waals surface area contributed by atoms with Gasteiger partial charge in [0.25, 0.3) is 0 Å². The van der Waals surface area contributed by atoms with Gasteiger partial charge < -0.3 is 10.1 Å². The summed E-state index contributed by atoms with van der Waals surface area (Å²) in [5, 5.41) is 7.57. The Morgan fingerprint density at radius 1 is 1.17 bits per heavy atom. The van der Waals surface area contributed by atoms with E-state index < -0.39 is 15.7 Å². The number of pyridine rings is 1. The van der Waals surface area contributed by atoms with Crippen molar-refractivity contribution in [3.8, 4) is 11.5 Å². The second-order valence-electron chi connectivity index (χ2n) is 12.6. The van der Waals surface area contributed by atoms with E-state index in [1.54, 1.807) is 60.5 Å². The first-order chi connectivity index (χ1) is 19.3. The standard InChI is InChI=1S/C31H33FN4O4S/c1-19-9-20(11-28(37)35-22-16-34-36(17-22)30(2,3)4)10-25(32)29(19)40-27-7-8-33-26-6-5-23(12-24(26)27)41(38,39)18-31-13-21(14-31)15-31/h5-10,12,16-17,21H,11,13-15,18H2,1-4H3,(H,35,37). The number of carbonyl (C=O) groups excluding carboxylic acids is 1. The molecule has 8 nitrogen and oxygen atoms in total. The summed E-state index contributed by atoms with van der Waals surface area (Å²) in [5.41, 5.74) is 1.84. The number of carbonyl (C=O) groups is 1. The molecule has 0 unspecified atom stereocenters. The predicted molar refractivity (Wildman–Crippen MR) is 154 cm³/mol. The quantitative estimate of drug-likeness (QED) is 0.269. The SMILES string of the molecule is Cc1cc(CC(=O)Nc2cnn(C(C)(C)C)c2)cc(F)c1Oc1ccnc2ccc(S(=O)(=O)CC34CC(C3)C4)cc12. The molecule has 2 aromatic heterocycles. The van der Waals surface area contributed by atoms with Crippen LogP contribution in [0.5, 0.6) is 11.5 Å². The number of anilines is 1. The van der Waals surface area contributed by atoms with Crippen molar-refractivity contribution in [3.05, 3.63) is 71.9 Å². The molecule has 3 fully saturated rings. The Bertz CT molecular complexity index is 1750. The zero-order valence-electron chi connectivity index (χ0n) is 23.6. The Kier molecular flexibility index (Phi) is 6.44. The first-order valence-electron chi connectivity index (χ1n) is 13.7. The summed E-state index contributed by atoms with van der Waals surface area (Å²) in [6.07, 6.45) is 7.83. The summed E-state index contributed by atoms with van der Waals surface area (Å²) in [7, 11) is -3.48. The molecule has 4 aromatic rings. The smallest absolute Gasteiger partial charge is 0.228 e. The molecule has 3 aliphatic rings. The molecule has 0 radical (unpaired) electrons. The molecule has 1 amide bonds. The summed E-state index contributed by atoms with van der Waals surface area (Å²) in [6.45, 7) is 7.73. The number of ether oxygens (including phenoxy) is 1. The molecule has 2 heterocycles. The van der Waals surface area contributed by atoms with Crippen molar-refractivity contribution in [1.29, 1.82) is 0 Å². The number of amides is 1. The Hall–Kier alpha value is -3.79. The lowest BCUT2D eigenvalue weighted by molar-refractivity contribution is -0.115. The van der Waals surface area contributed by atoms with Gasteiger partial charge in [-0.15, -0.1) is 0 Å². The zero-order chi connectivity index (χ0) is 29.2. The number of nitrogens with zero attached hydrogens (tertiary/aromatic N) is 3. The van der Waals surface area contributed by atoms with Gasteiger partial charge in [0.2, 0.25) is 5.91 Å². The molecule has 1 N–H and O–H groups in total. The van der Waals surface area contributed by atoms with Crippen LogP contribution in [-0.4, -0.2) is 34.8 Å². The molecule has 2 aromatic carbocycles. The Morgan fingerprint density at radius 2 is 1.93 bits per heavy atom. The van der Waals surface area contributed by atoms with Gasteiger partial charge in [0, 0.05) is 17.8 Å².